The fourth-order valence-electron chi connectivity index (χ4n) is 2.32. The van der Waals surface area contributed by atoms with Gasteiger partial charge in [0.1, 0.15) is 16.8 Å². The van der Waals surface area contributed by atoms with E-state index in [1.807, 2.05) is 19.9 Å². The van der Waals surface area contributed by atoms with E-state index < -0.39 is 15.4 Å². The van der Waals surface area contributed by atoms with Crippen LogP contribution in [0.15, 0.2) is 0 Å². The third kappa shape index (κ3) is 2.02. The van der Waals surface area contributed by atoms with E-state index in [1.54, 1.807) is 0 Å². The first kappa shape index (κ1) is 13.4. The normalized spacial score (nSPS) is 26.1. The van der Waals surface area contributed by atoms with Gasteiger partial charge in [-0.05, 0) is 19.8 Å². The van der Waals surface area contributed by atoms with Crippen LogP contribution in [0.3, 0.4) is 0 Å². The summed E-state index contributed by atoms with van der Waals surface area (Å²) in [5.74, 6) is 0.165. The summed E-state index contributed by atoms with van der Waals surface area (Å²) < 4.78 is 24.7. The van der Waals surface area contributed by atoms with Gasteiger partial charge in [0.05, 0.1) is 22.7 Å². The Kier molecular flexibility index (Phi) is 3.16. The van der Waals surface area contributed by atoms with Gasteiger partial charge >= 0.3 is 0 Å². The number of nitriles is 1. The molecule has 1 fully saturated rings. The Morgan fingerprint density at radius 1 is 1.61 bits per heavy atom. The van der Waals surface area contributed by atoms with Crippen LogP contribution in [0.2, 0.25) is 5.15 Å². The van der Waals surface area contributed by atoms with E-state index in [4.69, 9.17) is 16.9 Å². The van der Waals surface area contributed by atoms with Crippen LogP contribution in [0.4, 0.5) is 0 Å². The minimum absolute atomic E-state index is 0.0232. The summed E-state index contributed by atoms with van der Waals surface area (Å²) in [5.41, 5.74) is 0.326. The van der Waals surface area contributed by atoms with Crippen molar-refractivity contribution in [2.75, 3.05) is 11.5 Å². The summed E-state index contributed by atoms with van der Waals surface area (Å²) in [5, 5.41) is 13.6. The Labute approximate surface area is 111 Å². The zero-order chi connectivity index (χ0) is 13.6. The average molecular weight is 288 g/mol. The molecule has 1 aliphatic heterocycles. The fraction of sp³-hybridized carbons (Fsp3) is 0.636. The van der Waals surface area contributed by atoms with E-state index in [0.29, 0.717) is 24.1 Å². The summed E-state index contributed by atoms with van der Waals surface area (Å²) >= 11 is 6.15. The van der Waals surface area contributed by atoms with Gasteiger partial charge in [0.25, 0.3) is 0 Å². The molecule has 0 N–H and O–H groups in total. The van der Waals surface area contributed by atoms with Gasteiger partial charge in [-0.15, -0.1) is 0 Å². The van der Waals surface area contributed by atoms with E-state index in [9.17, 15) is 8.42 Å². The van der Waals surface area contributed by atoms with Crippen molar-refractivity contribution in [1.82, 2.24) is 9.78 Å². The van der Waals surface area contributed by atoms with E-state index in [0.717, 1.165) is 0 Å². The smallest absolute Gasteiger partial charge is 0.152 e. The Morgan fingerprint density at radius 2 is 2.28 bits per heavy atom. The predicted molar refractivity (Wildman–Crippen MR) is 68.2 cm³/mol. The second-order valence-electron chi connectivity index (χ2n) is 4.83. The molecule has 0 radical (unpaired) electrons. The lowest BCUT2D eigenvalue weighted by molar-refractivity contribution is 0.327. The largest absolute Gasteiger partial charge is 0.245 e. The van der Waals surface area contributed by atoms with Gasteiger partial charge in [0.15, 0.2) is 9.84 Å². The zero-order valence-electron chi connectivity index (χ0n) is 10.3. The first-order valence-corrected chi connectivity index (χ1v) is 7.91. The maximum Gasteiger partial charge on any atom is 0.152 e. The molecule has 0 saturated carbocycles. The highest BCUT2D eigenvalue weighted by Crippen LogP contribution is 2.34. The first-order chi connectivity index (χ1) is 8.33. The number of hydrogen-bond donors (Lipinski definition) is 0. The van der Waals surface area contributed by atoms with Crippen molar-refractivity contribution in [3.05, 3.63) is 16.4 Å². The van der Waals surface area contributed by atoms with Gasteiger partial charge in [-0.3, -0.25) is 0 Å². The van der Waals surface area contributed by atoms with Crippen LogP contribution in [0.5, 0.6) is 0 Å². The first-order valence-electron chi connectivity index (χ1n) is 5.71. The molecule has 2 heterocycles. The summed E-state index contributed by atoms with van der Waals surface area (Å²) in [6.45, 7) is 3.70. The quantitative estimate of drug-likeness (QED) is 0.826. The van der Waals surface area contributed by atoms with E-state index >= 15 is 0 Å². The molecule has 1 aliphatic rings. The van der Waals surface area contributed by atoms with Crippen LogP contribution >= 0.6 is 11.6 Å². The summed E-state index contributed by atoms with van der Waals surface area (Å²) in [6, 6.07) is 2.03. The van der Waals surface area contributed by atoms with Crippen molar-refractivity contribution in [3.8, 4) is 6.07 Å². The van der Waals surface area contributed by atoms with Crippen LogP contribution < -0.4 is 0 Å². The Hall–Kier alpha value is -1.06. The summed E-state index contributed by atoms with van der Waals surface area (Å²) in [4.78, 5) is 0. The molecule has 98 valence electrons. The highest BCUT2D eigenvalue weighted by atomic mass is 35.5. The van der Waals surface area contributed by atoms with E-state index in [-0.39, 0.29) is 16.7 Å². The van der Waals surface area contributed by atoms with Crippen LogP contribution in [0, 0.1) is 11.3 Å². The molecule has 1 aromatic heterocycles. The number of sulfone groups is 1. The number of aryl methyl sites for hydroxylation is 1. The van der Waals surface area contributed by atoms with Crippen molar-refractivity contribution in [2.45, 2.75) is 32.2 Å². The Balaban J connectivity index is 2.54. The molecule has 1 unspecified atom stereocenters. The van der Waals surface area contributed by atoms with Crippen LogP contribution in [0.1, 0.15) is 31.5 Å². The summed E-state index contributed by atoms with van der Waals surface area (Å²) in [6.07, 6.45) is 1.07. The second kappa shape index (κ2) is 4.25. The lowest BCUT2D eigenvalue weighted by Gasteiger charge is -2.23. The number of halogens is 1. The number of nitrogens with zero attached hydrogens (tertiary/aromatic N) is 3. The third-order valence-corrected chi connectivity index (χ3v) is 5.58. The van der Waals surface area contributed by atoms with Gasteiger partial charge in [0, 0.05) is 0 Å². The lowest BCUT2D eigenvalue weighted by atomic mass is 10.0. The SMILES string of the molecule is CCc1nn(C2(C)CCS(=O)(=O)C2)c(Cl)c1C#N. The van der Waals surface area contributed by atoms with Gasteiger partial charge in [-0.25, -0.2) is 13.1 Å². The molecule has 0 spiro atoms. The highest BCUT2D eigenvalue weighted by Gasteiger charge is 2.42. The fourth-order valence-corrected chi connectivity index (χ4v) is 4.82. The zero-order valence-corrected chi connectivity index (χ0v) is 11.8. The molecule has 0 amide bonds. The van der Waals surface area contributed by atoms with Gasteiger partial charge < -0.3 is 0 Å². The lowest BCUT2D eigenvalue weighted by Crippen LogP contribution is -2.32. The average Bonchev–Trinajstić information content (AvgIpc) is 2.77. The van der Waals surface area contributed by atoms with Crippen LogP contribution in [-0.2, 0) is 21.8 Å². The molecule has 1 atom stereocenters. The molecule has 7 heteroatoms. The van der Waals surface area contributed by atoms with Gasteiger partial charge in [-0.1, -0.05) is 18.5 Å². The van der Waals surface area contributed by atoms with Crippen LogP contribution in [-0.4, -0.2) is 29.7 Å². The molecule has 0 aliphatic carbocycles. The molecule has 1 aromatic rings. The molecule has 0 aromatic carbocycles. The van der Waals surface area contributed by atoms with Gasteiger partial charge in [-0.2, -0.15) is 10.4 Å². The minimum Gasteiger partial charge on any atom is -0.245 e. The molecular formula is C11H14ClN3O2S. The van der Waals surface area contributed by atoms with E-state index in [1.165, 1.54) is 4.68 Å². The Morgan fingerprint density at radius 3 is 2.67 bits per heavy atom. The number of aromatic nitrogens is 2. The van der Waals surface area contributed by atoms with Gasteiger partial charge in [0.2, 0.25) is 0 Å². The predicted octanol–water partition coefficient (Wildman–Crippen LogP) is 1.50. The second-order valence-corrected chi connectivity index (χ2v) is 7.37. The monoisotopic (exact) mass is 287 g/mol. The maximum absolute atomic E-state index is 11.6. The standard InChI is InChI=1S/C11H14ClN3O2S/c1-3-9-8(6-13)10(12)15(14-9)11(2)4-5-18(16,17)7-11/h3-5,7H2,1-2H3. The molecular weight excluding hydrogens is 274 g/mol. The number of hydrogen-bond acceptors (Lipinski definition) is 4. The molecule has 0 bridgehead atoms. The summed E-state index contributed by atoms with van der Waals surface area (Å²) in [7, 11) is -3.04. The number of rotatable bonds is 2. The topological polar surface area (TPSA) is 75.8 Å². The van der Waals surface area contributed by atoms with Crippen molar-refractivity contribution in [2.24, 2.45) is 0 Å². The molecule has 5 nitrogen and oxygen atoms in total. The van der Waals surface area contributed by atoms with E-state index in [2.05, 4.69) is 5.10 Å². The maximum atomic E-state index is 11.6. The highest BCUT2D eigenvalue weighted by molar-refractivity contribution is 7.91. The third-order valence-electron chi connectivity index (χ3n) is 3.34. The van der Waals surface area contributed by atoms with Crippen molar-refractivity contribution >= 4 is 21.4 Å². The van der Waals surface area contributed by atoms with Crippen molar-refractivity contribution in [1.29, 1.82) is 5.26 Å². The van der Waals surface area contributed by atoms with Crippen molar-refractivity contribution in [3.63, 3.8) is 0 Å². The molecule has 18 heavy (non-hydrogen) atoms. The van der Waals surface area contributed by atoms with Crippen LogP contribution in [0.25, 0.3) is 0 Å². The molecule has 2 rings (SSSR count). The minimum atomic E-state index is -3.04. The Bertz CT molecular complexity index is 629. The molecule has 1 saturated heterocycles. The van der Waals surface area contributed by atoms with Crippen molar-refractivity contribution < 1.29 is 8.42 Å².